The van der Waals surface area contributed by atoms with Gasteiger partial charge in [-0.1, -0.05) is 34.8 Å². The number of carbonyl (C=O) groups excluding carboxylic acids is 3. The fraction of sp³-hybridized carbons (Fsp3) is 0.533. The number of carbonyl (C=O) groups is 3. The summed E-state index contributed by atoms with van der Waals surface area (Å²) in [4.78, 5) is 35.3. The van der Waals surface area contributed by atoms with Crippen LogP contribution in [-0.2, 0) is 28.2 Å². The van der Waals surface area contributed by atoms with Gasteiger partial charge in [-0.05, 0) is 119 Å². The molecule has 1 unspecified atom stereocenters. The fourth-order valence-corrected chi connectivity index (χ4v) is 8.01. The van der Waals surface area contributed by atoms with E-state index in [0.29, 0.717) is 85.2 Å². The van der Waals surface area contributed by atoms with Gasteiger partial charge in [-0.3, -0.25) is 0 Å². The van der Waals surface area contributed by atoms with Crippen LogP contribution in [0.25, 0.3) is 0 Å². The highest BCUT2D eigenvalue weighted by Gasteiger charge is 2.42. The van der Waals surface area contributed by atoms with Crippen molar-refractivity contribution in [1.82, 2.24) is 16.0 Å². The van der Waals surface area contributed by atoms with Crippen molar-refractivity contribution in [3.05, 3.63) is 68.2 Å². The molecule has 3 aromatic rings. The Labute approximate surface area is 420 Å². The molecule has 0 spiro atoms. The summed E-state index contributed by atoms with van der Waals surface area (Å²) in [5.41, 5.74) is 1.65. The van der Waals surface area contributed by atoms with E-state index < -0.39 is 74.7 Å². The van der Waals surface area contributed by atoms with Gasteiger partial charge >= 0.3 is 39.6 Å². The van der Waals surface area contributed by atoms with E-state index in [-0.39, 0.29) is 19.6 Å². The SMILES string of the molecule is CCOc1ccc(Cl)c2c1B(O)OC2CNC(=O)OC(C)(C)C.CCOc1ccc(Cl)c2c1B(O)O[C@@H]2CNC(=O)OC(C)(C)C.CCOc1ccc(Cl)c2c1B(O)O[C@H]2CNC(=O)OC(C)(C)C. The molecule has 0 saturated carbocycles. The Kier molecular flexibility index (Phi) is 20.5. The van der Waals surface area contributed by atoms with Crippen LogP contribution in [0.3, 0.4) is 0 Å². The molecule has 0 aliphatic carbocycles. The maximum Gasteiger partial charge on any atom is 0.495 e. The summed E-state index contributed by atoms with van der Waals surface area (Å²) in [5, 5.41) is 39.6. The molecule has 3 heterocycles. The summed E-state index contributed by atoms with van der Waals surface area (Å²) in [5.74, 6) is 1.58. The van der Waals surface area contributed by atoms with Crippen LogP contribution >= 0.6 is 34.8 Å². The lowest BCUT2D eigenvalue weighted by Gasteiger charge is -2.21. The highest BCUT2D eigenvalue weighted by molar-refractivity contribution is 6.64. The quantitative estimate of drug-likeness (QED) is 0.0894. The zero-order chi connectivity index (χ0) is 51.6. The highest BCUT2D eigenvalue weighted by Crippen LogP contribution is 2.36. The van der Waals surface area contributed by atoms with Crippen LogP contribution < -0.4 is 46.5 Å². The molecular weight excluding hydrogens is 961 g/mol. The van der Waals surface area contributed by atoms with Crippen molar-refractivity contribution in [2.45, 2.75) is 118 Å². The number of benzene rings is 3. The molecule has 0 radical (unpaired) electrons. The van der Waals surface area contributed by atoms with Crippen LogP contribution in [-0.4, -0.2) is 111 Å². The third-order valence-corrected chi connectivity index (χ3v) is 10.5. The van der Waals surface area contributed by atoms with E-state index in [1.807, 2.05) is 20.8 Å². The number of halogens is 3. The van der Waals surface area contributed by atoms with Gasteiger partial charge in [0.2, 0.25) is 0 Å². The van der Waals surface area contributed by atoms with Crippen molar-refractivity contribution in [1.29, 1.82) is 0 Å². The molecule has 3 aromatic carbocycles. The molecule has 3 amide bonds. The van der Waals surface area contributed by atoms with E-state index in [0.717, 1.165) is 0 Å². The Morgan fingerprint density at radius 3 is 0.928 bits per heavy atom. The van der Waals surface area contributed by atoms with Crippen LogP contribution in [0.15, 0.2) is 36.4 Å². The minimum absolute atomic E-state index is 0.133. The molecule has 18 nitrogen and oxygen atoms in total. The number of hydrogen-bond donors (Lipinski definition) is 6. The van der Waals surface area contributed by atoms with Crippen LogP contribution in [0, 0.1) is 0 Å². The molecule has 0 saturated heterocycles. The topological polar surface area (TPSA) is 231 Å². The van der Waals surface area contributed by atoms with Gasteiger partial charge in [-0.2, -0.15) is 0 Å². The normalized spacial score (nSPS) is 17.0. The van der Waals surface area contributed by atoms with Gasteiger partial charge in [-0.25, -0.2) is 14.4 Å². The molecule has 6 rings (SSSR count). The zero-order valence-corrected chi connectivity index (χ0v) is 43.3. The Morgan fingerprint density at radius 1 is 0.493 bits per heavy atom. The number of alkyl carbamates (subject to hydrolysis) is 3. The summed E-state index contributed by atoms with van der Waals surface area (Å²) in [6.45, 7) is 23.4. The van der Waals surface area contributed by atoms with E-state index in [4.69, 9.17) is 77.2 Å². The molecule has 6 N–H and O–H groups in total. The van der Waals surface area contributed by atoms with E-state index in [1.54, 1.807) is 98.7 Å². The van der Waals surface area contributed by atoms with E-state index in [2.05, 4.69) is 16.0 Å². The van der Waals surface area contributed by atoms with Gasteiger partial charge in [0.15, 0.2) is 0 Å². The number of amides is 3. The number of ether oxygens (including phenoxy) is 6. The lowest BCUT2D eigenvalue weighted by atomic mass is 9.78. The molecule has 0 bridgehead atoms. The van der Waals surface area contributed by atoms with Crippen molar-refractivity contribution in [3.8, 4) is 17.2 Å². The first kappa shape index (κ1) is 57.3. The van der Waals surface area contributed by atoms with Gasteiger partial charge in [0.1, 0.15) is 34.1 Å². The molecule has 0 fully saturated rings. The van der Waals surface area contributed by atoms with Crippen LogP contribution in [0.5, 0.6) is 17.2 Å². The van der Waals surface area contributed by atoms with Gasteiger partial charge in [-0.15, -0.1) is 0 Å². The first-order valence-corrected chi connectivity index (χ1v) is 23.6. The zero-order valence-electron chi connectivity index (χ0n) is 41.0. The number of fused-ring (bicyclic) bond motifs is 3. The molecule has 378 valence electrons. The summed E-state index contributed by atoms with van der Waals surface area (Å²) in [6, 6.07) is 10.1. The molecule has 3 aliphatic heterocycles. The molecule has 24 heteroatoms. The standard InChI is InChI=1S/3C15H21BClNO5/c3*1-5-21-10-7-6-9(17)12-11(23-16(20)13(10)12)8-18-14(19)22-15(2,3)4/h3*6-7,11,20H,5,8H2,1-4H3,(H,18,19)/t2*11-;/m10./s1. The first-order chi connectivity index (χ1) is 32.2. The largest absolute Gasteiger partial charge is 0.495 e. The van der Waals surface area contributed by atoms with Crippen molar-refractivity contribution in [2.24, 2.45) is 0 Å². The smallest absolute Gasteiger partial charge is 0.494 e. The van der Waals surface area contributed by atoms with Crippen molar-refractivity contribution in [3.63, 3.8) is 0 Å². The minimum Gasteiger partial charge on any atom is -0.494 e. The Bertz CT molecular complexity index is 2020. The average molecular weight is 1020 g/mol. The van der Waals surface area contributed by atoms with Gasteiger partial charge in [0, 0.05) is 67.8 Å². The van der Waals surface area contributed by atoms with Crippen molar-refractivity contribution >= 4 is 90.8 Å². The fourth-order valence-electron chi connectivity index (χ4n) is 7.16. The van der Waals surface area contributed by atoms with Crippen LogP contribution in [0.2, 0.25) is 15.1 Å². The first-order valence-electron chi connectivity index (χ1n) is 22.4. The minimum atomic E-state index is -1.14. The predicted octanol–water partition coefficient (Wildman–Crippen LogP) is 6.07. The monoisotopic (exact) mass is 1020 g/mol. The Balaban J connectivity index is 0.000000225. The van der Waals surface area contributed by atoms with Gasteiger partial charge in [0.05, 0.1) is 38.1 Å². The Hall–Kier alpha value is -4.31. The summed E-state index contributed by atoms with van der Waals surface area (Å²) < 4.78 is 48.5. The van der Waals surface area contributed by atoms with Crippen LogP contribution in [0.1, 0.15) is 118 Å². The van der Waals surface area contributed by atoms with E-state index >= 15 is 0 Å². The summed E-state index contributed by atoms with van der Waals surface area (Å²) in [6.07, 6.45) is -3.37. The maximum atomic E-state index is 11.8. The second-order valence-corrected chi connectivity index (χ2v) is 19.7. The average Bonchev–Trinajstić information content (AvgIpc) is 3.88. The molecule has 3 atom stereocenters. The molecule has 69 heavy (non-hydrogen) atoms. The second kappa shape index (κ2) is 24.7. The summed E-state index contributed by atoms with van der Waals surface area (Å²) in [7, 11) is -3.43. The molecule has 3 aliphatic rings. The van der Waals surface area contributed by atoms with Crippen molar-refractivity contribution < 1.29 is 71.8 Å². The number of nitrogens with one attached hydrogen (secondary N) is 3. The second-order valence-electron chi connectivity index (χ2n) is 18.5. The molecule has 0 aromatic heterocycles. The van der Waals surface area contributed by atoms with E-state index in [9.17, 15) is 29.5 Å². The lowest BCUT2D eigenvalue weighted by molar-refractivity contribution is 0.0489. The third kappa shape index (κ3) is 16.4. The maximum absolute atomic E-state index is 11.8. The van der Waals surface area contributed by atoms with E-state index in [1.165, 1.54) is 0 Å². The van der Waals surface area contributed by atoms with Crippen molar-refractivity contribution in [2.75, 3.05) is 39.5 Å². The molecular formula is C45H63B3Cl3N3O15. The lowest BCUT2D eigenvalue weighted by Crippen LogP contribution is -2.35. The Morgan fingerprint density at radius 2 is 0.725 bits per heavy atom. The third-order valence-electron chi connectivity index (χ3n) is 9.56. The number of rotatable bonds is 12. The van der Waals surface area contributed by atoms with Crippen LogP contribution in [0.4, 0.5) is 14.4 Å². The van der Waals surface area contributed by atoms with Gasteiger partial charge in [0.25, 0.3) is 0 Å². The highest BCUT2D eigenvalue weighted by atomic mass is 35.5. The van der Waals surface area contributed by atoms with Gasteiger partial charge < -0.3 is 73.4 Å². The summed E-state index contributed by atoms with van der Waals surface area (Å²) >= 11 is 18.7. The number of hydrogen-bond acceptors (Lipinski definition) is 15. The predicted molar refractivity (Wildman–Crippen MR) is 265 cm³/mol.